The Kier molecular flexibility index (Phi) is 6.52. The van der Waals surface area contributed by atoms with E-state index in [1.54, 1.807) is 26.2 Å². The van der Waals surface area contributed by atoms with Crippen molar-refractivity contribution in [3.8, 4) is 5.75 Å². The summed E-state index contributed by atoms with van der Waals surface area (Å²) in [6, 6.07) is 5.90. The molecule has 0 heterocycles. The van der Waals surface area contributed by atoms with Crippen molar-refractivity contribution in [2.75, 3.05) is 7.11 Å². The smallest absolute Gasteiger partial charge is 0.326 e. The summed E-state index contributed by atoms with van der Waals surface area (Å²) in [5.41, 5.74) is 0.904. The molecule has 0 spiro atoms. The number of hydrogen-bond acceptors (Lipinski definition) is 3. The summed E-state index contributed by atoms with van der Waals surface area (Å²) in [4.78, 5) is 22.9. The van der Waals surface area contributed by atoms with Crippen LogP contribution in [0.4, 0.5) is 4.79 Å². The first-order valence-electron chi connectivity index (χ1n) is 6.88. The van der Waals surface area contributed by atoms with Crippen LogP contribution in [0.5, 0.6) is 5.75 Å². The van der Waals surface area contributed by atoms with Gasteiger partial charge < -0.3 is 20.5 Å². The maximum Gasteiger partial charge on any atom is 0.326 e. The van der Waals surface area contributed by atoms with Crippen LogP contribution in [-0.2, 0) is 11.3 Å². The van der Waals surface area contributed by atoms with Crippen LogP contribution in [0.1, 0.15) is 25.8 Å². The molecule has 0 radical (unpaired) electrons. The Morgan fingerprint density at radius 3 is 2.38 bits per heavy atom. The number of benzene rings is 1. The van der Waals surface area contributed by atoms with Gasteiger partial charge in [0.25, 0.3) is 0 Å². The van der Waals surface area contributed by atoms with Crippen molar-refractivity contribution < 1.29 is 19.4 Å². The highest BCUT2D eigenvalue weighted by Crippen LogP contribution is 2.11. The highest BCUT2D eigenvalue weighted by Gasteiger charge is 2.24. The average molecular weight is 294 g/mol. The first-order chi connectivity index (χ1) is 9.97. The molecule has 6 heteroatoms. The largest absolute Gasteiger partial charge is 0.497 e. The van der Waals surface area contributed by atoms with Crippen molar-refractivity contribution in [1.82, 2.24) is 10.6 Å². The van der Waals surface area contributed by atoms with Gasteiger partial charge in [-0.05, 0) is 23.6 Å². The van der Waals surface area contributed by atoms with E-state index in [-0.39, 0.29) is 5.92 Å². The van der Waals surface area contributed by atoms with Crippen LogP contribution in [0.2, 0.25) is 0 Å². The standard InChI is InChI=1S/C15H22N2O4/c1-4-10(2)13(14(18)19)17-15(20)16-9-11-5-7-12(21-3)8-6-11/h5-8,10,13H,4,9H2,1-3H3,(H,18,19)(H2,16,17,20)/t10-,13-/m0/s1. The van der Waals surface area contributed by atoms with Gasteiger partial charge in [0, 0.05) is 6.54 Å². The maximum atomic E-state index is 11.8. The topological polar surface area (TPSA) is 87.7 Å². The molecule has 0 aliphatic heterocycles. The van der Waals surface area contributed by atoms with E-state index in [2.05, 4.69) is 10.6 Å². The number of carboxylic acids is 1. The number of carbonyl (C=O) groups is 2. The molecule has 0 fully saturated rings. The lowest BCUT2D eigenvalue weighted by Crippen LogP contribution is -2.48. The normalized spacial score (nSPS) is 13.1. The summed E-state index contributed by atoms with van der Waals surface area (Å²) in [6.07, 6.45) is 0.676. The first kappa shape index (κ1) is 16.8. The second kappa shape index (κ2) is 8.14. The van der Waals surface area contributed by atoms with Crippen molar-refractivity contribution >= 4 is 12.0 Å². The van der Waals surface area contributed by atoms with Gasteiger partial charge in [0.15, 0.2) is 0 Å². The van der Waals surface area contributed by atoms with Crippen molar-refractivity contribution in [1.29, 1.82) is 0 Å². The number of urea groups is 1. The van der Waals surface area contributed by atoms with Gasteiger partial charge in [-0.3, -0.25) is 0 Å². The quantitative estimate of drug-likeness (QED) is 0.717. The van der Waals surface area contributed by atoms with Crippen molar-refractivity contribution in [3.63, 3.8) is 0 Å². The third kappa shape index (κ3) is 5.33. The Morgan fingerprint density at radius 2 is 1.90 bits per heavy atom. The molecule has 2 amide bonds. The Balaban J connectivity index is 2.50. The first-order valence-corrected chi connectivity index (χ1v) is 6.88. The van der Waals surface area contributed by atoms with E-state index in [0.29, 0.717) is 13.0 Å². The number of carboxylic acid groups (broad SMARTS) is 1. The number of methoxy groups -OCH3 is 1. The Labute approximate surface area is 124 Å². The van der Waals surface area contributed by atoms with Crippen LogP contribution < -0.4 is 15.4 Å². The molecule has 0 bridgehead atoms. The highest BCUT2D eigenvalue weighted by molar-refractivity contribution is 5.82. The van der Waals surface area contributed by atoms with Crippen LogP contribution in [0.25, 0.3) is 0 Å². The third-order valence-electron chi connectivity index (χ3n) is 3.38. The van der Waals surface area contributed by atoms with Crippen molar-refractivity contribution in [2.24, 2.45) is 5.92 Å². The zero-order chi connectivity index (χ0) is 15.8. The average Bonchev–Trinajstić information content (AvgIpc) is 2.50. The number of aliphatic carboxylic acids is 1. The molecule has 0 aliphatic rings. The van der Waals surface area contributed by atoms with Gasteiger partial charge >= 0.3 is 12.0 Å². The van der Waals surface area contributed by atoms with Crippen molar-refractivity contribution in [3.05, 3.63) is 29.8 Å². The predicted molar refractivity (Wildman–Crippen MR) is 79.2 cm³/mol. The summed E-state index contributed by atoms with van der Waals surface area (Å²) in [5.74, 6) is -0.413. The van der Waals surface area contributed by atoms with Crippen LogP contribution in [0.3, 0.4) is 0 Å². The number of nitrogens with one attached hydrogen (secondary N) is 2. The van der Waals surface area contributed by atoms with Gasteiger partial charge in [0.2, 0.25) is 0 Å². The van der Waals surface area contributed by atoms with E-state index in [1.165, 1.54) is 0 Å². The Morgan fingerprint density at radius 1 is 1.29 bits per heavy atom. The molecule has 1 aromatic rings. The summed E-state index contributed by atoms with van der Waals surface area (Å²) >= 11 is 0. The SMILES string of the molecule is CC[C@H](C)[C@H](NC(=O)NCc1ccc(OC)cc1)C(=O)O. The molecule has 1 aromatic carbocycles. The molecular formula is C15H22N2O4. The molecule has 1 rings (SSSR count). The molecular weight excluding hydrogens is 272 g/mol. The molecule has 116 valence electrons. The van der Waals surface area contributed by atoms with Crippen LogP contribution >= 0.6 is 0 Å². The molecule has 2 atom stereocenters. The van der Waals surface area contributed by atoms with Crippen LogP contribution in [0, 0.1) is 5.92 Å². The molecule has 3 N–H and O–H groups in total. The molecule has 0 saturated heterocycles. The molecule has 0 saturated carbocycles. The van der Waals surface area contributed by atoms with Gasteiger partial charge in [-0.1, -0.05) is 32.4 Å². The van der Waals surface area contributed by atoms with E-state index in [0.717, 1.165) is 11.3 Å². The summed E-state index contributed by atoms with van der Waals surface area (Å²) < 4.78 is 5.05. The zero-order valence-electron chi connectivity index (χ0n) is 12.6. The fraction of sp³-hybridized carbons (Fsp3) is 0.467. The molecule has 21 heavy (non-hydrogen) atoms. The Hall–Kier alpha value is -2.24. The van der Waals surface area contributed by atoms with Crippen LogP contribution in [-0.4, -0.2) is 30.3 Å². The minimum Gasteiger partial charge on any atom is -0.497 e. The highest BCUT2D eigenvalue weighted by atomic mass is 16.5. The van der Waals surface area contributed by atoms with E-state index in [4.69, 9.17) is 9.84 Å². The number of rotatable bonds is 7. The lowest BCUT2D eigenvalue weighted by molar-refractivity contribution is -0.140. The number of amides is 2. The third-order valence-corrected chi connectivity index (χ3v) is 3.38. The van der Waals surface area contributed by atoms with Gasteiger partial charge in [0.1, 0.15) is 11.8 Å². The lowest BCUT2D eigenvalue weighted by Gasteiger charge is -2.20. The zero-order valence-corrected chi connectivity index (χ0v) is 12.6. The van der Waals surface area contributed by atoms with Gasteiger partial charge in [-0.15, -0.1) is 0 Å². The summed E-state index contributed by atoms with van der Waals surface area (Å²) in [6.45, 7) is 4.00. The molecule has 0 unspecified atom stereocenters. The number of carbonyl (C=O) groups excluding carboxylic acids is 1. The van der Waals surface area contributed by atoms with Gasteiger partial charge in [0.05, 0.1) is 7.11 Å². The predicted octanol–water partition coefficient (Wildman–Crippen LogP) is 1.99. The Bertz CT molecular complexity index is 473. The fourth-order valence-electron chi connectivity index (χ4n) is 1.80. The van der Waals surface area contributed by atoms with Gasteiger partial charge in [-0.2, -0.15) is 0 Å². The molecule has 6 nitrogen and oxygen atoms in total. The van der Waals surface area contributed by atoms with E-state index >= 15 is 0 Å². The monoisotopic (exact) mass is 294 g/mol. The lowest BCUT2D eigenvalue weighted by atomic mass is 9.99. The fourth-order valence-corrected chi connectivity index (χ4v) is 1.80. The number of ether oxygens (including phenoxy) is 1. The second-order valence-electron chi connectivity index (χ2n) is 4.88. The molecule has 0 aromatic heterocycles. The van der Waals surface area contributed by atoms with E-state index in [9.17, 15) is 9.59 Å². The van der Waals surface area contributed by atoms with E-state index < -0.39 is 18.0 Å². The van der Waals surface area contributed by atoms with Crippen molar-refractivity contribution in [2.45, 2.75) is 32.9 Å². The number of hydrogen-bond donors (Lipinski definition) is 3. The summed E-state index contributed by atoms with van der Waals surface area (Å²) in [7, 11) is 1.58. The van der Waals surface area contributed by atoms with Gasteiger partial charge in [-0.25, -0.2) is 9.59 Å². The minimum atomic E-state index is -1.02. The maximum absolute atomic E-state index is 11.8. The minimum absolute atomic E-state index is 0.130. The van der Waals surface area contributed by atoms with E-state index in [1.807, 2.05) is 19.1 Å². The summed E-state index contributed by atoms with van der Waals surface area (Å²) in [5, 5.41) is 14.2. The molecule has 0 aliphatic carbocycles. The second-order valence-corrected chi connectivity index (χ2v) is 4.88. The van der Waals surface area contributed by atoms with Crippen LogP contribution in [0.15, 0.2) is 24.3 Å².